The third kappa shape index (κ3) is 3.76. The van der Waals surface area contributed by atoms with E-state index in [4.69, 9.17) is 9.47 Å². The van der Waals surface area contributed by atoms with Crippen molar-refractivity contribution in [3.8, 4) is 0 Å². The van der Waals surface area contributed by atoms with Crippen molar-refractivity contribution < 1.29 is 19.1 Å². The maximum absolute atomic E-state index is 12.7. The summed E-state index contributed by atoms with van der Waals surface area (Å²) in [5, 5.41) is 2.34. The van der Waals surface area contributed by atoms with Crippen molar-refractivity contribution in [1.82, 2.24) is 10.0 Å². The molecular formula is C20H21N3O4. The second kappa shape index (κ2) is 8.35. The molecule has 2 amide bonds. The summed E-state index contributed by atoms with van der Waals surface area (Å²) in [6.07, 6.45) is -2.09. The molecule has 1 aliphatic rings. The lowest BCUT2D eigenvalue weighted by atomic mass is 10.2. The SMILES string of the molecule is CCOC(=O)N1C(c2ccccc2)=NC(c2ccccc2)N1C(=O)OCC. The Bertz CT molecular complexity index is 824. The Morgan fingerprint density at radius 2 is 1.44 bits per heavy atom. The Morgan fingerprint density at radius 1 is 0.889 bits per heavy atom. The number of ether oxygens (including phenoxy) is 2. The predicted molar refractivity (Wildman–Crippen MR) is 99.9 cm³/mol. The summed E-state index contributed by atoms with van der Waals surface area (Å²) in [6, 6.07) is 18.5. The van der Waals surface area contributed by atoms with Gasteiger partial charge >= 0.3 is 12.2 Å². The van der Waals surface area contributed by atoms with E-state index in [2.05, 4.69) is 4.99 Å². The fourth-order valence-electron chi connectivity index (χ4n) is 2.79. The van der Waals surface area contributed by atoms with Crippen LogP contribution in [0.5, 0.6) is 0 Å². The Hall–Kier alpha value is -3.35. The summed E-state index contributed by atoms with van der Waals surface area (Å²) in [7, 11) is 0. The first kappa shape index (κ1) is 18.4. The van der Waals surface area contributed by atoms with Gasteiger partial charge in [-0.3, -0.25) is 0 Å². The second-order valence-electron chi connectivity index (χ2n) is 5.66. The maximum atomic E-state index is 12.7. The number of aliphatic imine (C=N–C) groups is 1. The van der Waals surface area contributed by atoms with E-state index in [1.54, 1.807) is 13.8 Å². The summed E-state index contributed by atoms with van der Waals surface area (Å²) in [4.78, 5) is 30.1. The van der Waals surface area contributed by atoms with Gasteiger partial charge in [-0.2, -0.15) is 10.0 Å². The minimum atomic E-state index is -0.732. The smallest absolute Gasteiger partial charge is 0.435 e. The van der Waals surface area contributed by atoms with Crippen LogP contribution in [-0.4, -0.2) is 41.3 Å². The van der Waals surface area contributed by atoms with Gasteiger partial charge in [0.05, 0.1) is 13.2 Å². The highest BCUT2D eigenvalue weighted by Gasteiger charge is 2.44. The van der Waals surface area contributed by atoms with Crippen molar-refractivity contribution in [1.29, 1.82) is 0 Å². The van der Waals surface area contributed by atoms with Crippen LogP contribution in [0, 0.1) is 0 Å². The third-order valence-electron chi connectivity index (χ3n) is 3.92. The lowest BCUT2D eigenvalue weighted by Crippen LogP contribution is -2.50. The van der Waals surface area contributed by atoms with E-state index >= 15 is 0 Å². The average Bonchev–Trinajstić information content (AvgIpc) is 3.10. The number of carbonyl (C=O) groups excluding carboxylic acids is 2. The van der Waals surface area contributed by atoms with Gasteiger partial charge in [-0.1, -0.05) is 60.7 Å². The number of amidine groups is 1. The predicted octanol–water partition coefficient (Wildman–Crippen LogP) is 3.98. The van der Waals surface area contributed by atoms with Gasteiger partial charge in [-0.05, 0) is 19.4 Å². The van der Waals surface area contributed by atoms with E-state index in [0.29, 0.717) is 11.4 Å². The molecule has 27 heavy (non-hydrogen) atoms. The molecule has 140 valence electrons. The molecule has 2 aromatic carbocycles. The zero-order chi connectivity index (χ0) is 19.2. The van der Waals surface area contributed by atoms with E-state index in [0.717, 1.165) is 10.6 Å². The van der Waals surface area contributed by atoms with Crippen molar-refractivity contribution >= 4 is 18.0 Å². The van der Waals surface area contributed by atoms with Gasteiger partial charge < -0.3 is 9.47 Å². The molecule has 0 aliphatic carbocycles. The Morgan fingerprint density at radius 3 is 2.04 bits per heavy atom. The molecule has 0 spiro atoms. The number of nitrogens with zero attached hydrogens (tertiary/aromatic N) is 3. The van der Waals surface area contributed by atoms with E-state index in [1.165, 1.54) is 5.01 Å². The molecule has 0 radical (unpaired) electrons. The summed E-state index contributed by atoms with van der Waals surface area (Å²) >= 11 is 0. The molecule has 1 unspecified atom stereocenters. The Labute approximate surface area is 157 Å². The first-order valence-corrected chi connectivity index (χ1v) is 8.78. The Kier molecular flexibility index (Phi) is 5.71. The average molecular weight is 367 g/mol. The first-order valence-electron chi connectivity index (χ1n) is 8.78. The number of rotatable bonds is 4. The molecule has 1 atom stereocenters. The lowest BCUT2D eigenvalue weighted by Gasteiger charge is -2.30. The summed E-state index contributed by atoms with van der Waals surface area (Å²) in [5.74, 6) is 0.330. The van der Waals surface area contributed by atoms with Gasteiger partial charge in [0, 0.05) is 5.56 Å². The number of amides is 2. The molecule has 0 aromatic heterocycles. The van der Waals surface area contributed by atoms with Crippen molar-refractivity contribution in [2.24, 2.45) is 4.99 Å². The Balaban J connectivity index is 2.11. The molecule has 1 aliphatic heterocycles. The topological polar surface area (TPSA) is 71.4 Å². The molecule has 1 heterocycles. The molecule has 3 rings (SSSR count). The summed E-state index contributed by atoms with van der Waals surface area (Å²) in [5.41, 5.74) is 1.45. The number of hydrogen-bond acceptors (Lipinski definition) is 5. The van der Waals surface area contributed by atoms with Gasteiger partial charge in [0.15, 0.2) is 12.0 Å². The molecular weight excluding hydrogens is 346 g/mol. The summed E-state index contributed by atoms with van der Waals surface area (Å²) in [6.45, 7) is 3.76. The van der Waals surface area contributed by atoms with Crippen LogP contribution in [0.25, 0.3) is 0 Å². The second-order valence-corrected chi connectivity index (χ2v) is 5.66. The first-order chi connectivity index (χ1) is 13.2. The maximum Gasteiger partial charge on any atom is 0.435 e. The van der Waals surface area contributed by atoms with Crippen LogP contribution in [0.2, 0.25) is 0 Å². The van der Waals surface area contributed by atoms with Crippen molar-refractivity contribution in [2.45, 2.75) is 20.0 Å². The third-order valence-corrected chi connectivity index (χ3v) is 3.92. The molecule has 7 nitrogen and oxygen atoms in total. The molecule has 0 N–H and O–H groups in total. The molecule has 7 heteroatoms. The van der Waals surface area contributed by atoms with Gasteiger partial charge in [0.1, 0.15) is 0 Å². The van der Waals surface area contributed by atoms with Crippen molar-refractivity contribution in [3.63, 3.8) is 0 Å². The molecule has 0 bridgehead atoms. The lowest BCUT2D eigenvalue weighted by molar-refractivity contribution is 0.00866. The van der Waals surface area contributed by atoms with Gasteiger partial charge in [0.2, 0.25) is 0 Å². The van der Waals surface area contributed by atoms with E-state index in [-0.39, 0.29) is 13.2 Å². The van der Waals surface area contributed by atoms with Crippen LogP contribution in [0.4, 0.5) is 9.59 Å². The zero-order valence-electron chi connectivity index (χ0n) is 15.2. The van der Waals surface area contributed by atoms with Gasteiger partial charge in [-0.25, -0.2) is 14.6 Å². The molecule has 0 fully saturated rings. The van der Waals surface area contributed by atoms with Crippen LogP contribution in [0.1, 0.15) is 31.1 Å². The number of hydrogen-bond donors (Lipinski definition) is 0. The summed E-state index contributed by atoms with van der Waals surface area (Å²) < 4.78 is 10.4. The van der Waals surface area contributed by atoms with Crippen LogP contribution in [0.15, 0.2) is 65.7 Å². The van der Waals surface area contributed by atoms with Crippen molar-refractivity contribution in [2.75, 3.05) is 13.2 Å². The fourth-order valence-corrected chi connectivity index (χ4v) is 2.79. The number of benzene rings is 2. The molecule has 0 saturated carbocycles. The van der Waals surface area contributed by atoms with Crippen LogP contribution >= 0.6 is 0 Å². The van der Waals surface area contributed by atoms with E-state index in [9.17, 15) is 9.59 Å². The minimum absolute atomic E-state index is 0.171. The van der Waals surface area contributed by atoms with E-state index in [1.807, 2.05) is 60.7 Å². The highest BCUT2D eigenvalue weighted by molar-refractivity contribution is 6.08. The monoisotopic (exact) mass is 367 g/mol. The molecule has 2 aromatic rings. The normalized spacial score (nSPS) is 16.1. The quantitative estimate of drug-likeness (QED) is 0.819. The van der Waals surface area contributed by atoms with Crippen LogP contribution in [-0.2, 0) is 9.47 Å². The van der Waals surface area contributed by atoms with E-state index < -0.39 is 18.4 Å². The largest absolute Gasteiger partial charge is 0.448 e. The van der Waals surface area contributed by atoms with Crippen molar-refractivity contribution in [3.05, 3.63) is 71.8 Å². The van der Waals surface area contributed by atoms with Crippen LogP contribution in [0.3, 0.4) is 0 Å². The molecule has 0 saturated heterocycles. The van der Waals surface area contributed by atoms with Gasteiger partial charge in [-0.15, -0.1) is 0 Å². The van der Waals surface area contributed by atoms with Crippen LogP contribution < -0.4 is 0 Å². The number of hydrazine groups is 1. The minimum Gasteiger partial charge on any atom is -0.448 e. The number of carbonyl (C=O) groups is 2. The van der Waals surface area contributed by atoms with Gasteiger partial charge in [0.25, 0.3) is 0 Å². The standard InChI is InChI=1S/C20H21N3O4/c1-3-26-19(24)22-17(15-11-7-5-8-12-15)21-18(16-13-9-6-10-14-16)23(22)20(25)27-4-2/h5-14,17H,3-4H2,1-2H3. The highest BCUT2D eigenvalue weighted by Crippen LogP contribution is 2.33. The fraction of sp³-hybridized carbons (Fsp3) is 0.250. The zero-order valence-corrected chi connectivity index (χ0v) is 15.2. The highest BCUT2D eigenvalue weighted by atomic mass is 16.6.